The Morgan fingerprint density at radius 2 is 0.750 bits per heavy atom. The molecule has 4 aromatic rings. The quantitative estimate of drug-likeness (QED) is 0.327. The average Bonchev–Trinajstić information content (AvgIpc) is 2.49. The molecule has 0 aliphatic rings. The highest BCUT2D eigenvalue weighted by atomic mass is 35.5. The average molecular weight is 297 g/mol. The van der Waals surface area contributed by atoms with Gasteiger partial charge in [-0.3, -0.25) is 0 Å². The van der Waals surface area contributed by atoms with Crippen molar-refractivity contribution in [2.45, 2.75) is 0 Å². The zero-order valence-electron chi connectivity index (χ0n) is 10.5. The molecule has 0 aromatic heterocycles. The van der Waals surface area contributed by atoms with Crippen LogP contribution >= 0.6 is 23.2 Å². The van der Waals surface area contributed by atoms with Crippen molar-refractivity contribution in [1.82, 2.24) is 0 Å². The fourth-order valence-corrected chi connectivity index (χ4v) is 3.23. The Hall–Kier alpha value is -1.76. The molecule has 4 aromatic carbocycles. The van der Waals surface area contributed by atoms with Crippen molar-refractivity contribution < 1.29 is 0 Å². The molecule has 0 saturated heterocycles. The number of hydrogen-bond acceptors (Lipinski definition) is 0. The lowest BCUT2D eigenvalue weighted by atomic mass is 9.94. The highest BCUT2D eigenvalue weighted by Crippen LogP contribution is 2.38. The number of rotatable bonds is 0. The van der Waals surface area contributed by atoms with E-state index in [4.69, 9.17) is 23.2 Å². The van der Waals surface area contributed by atoms with E-state index < -0.39 is 0 Å². The number of halogens is 2. The standard InChI is InChI=1S/C18H10Cl2/c19-17-9-15-13-7-3-1-5-11(13)12-6-2-4-8-14(12)16(15)10-18(17)20/h1-10H. The molecule has 4 rings (SSSR count). The zero-order valence-corrected chi connectivity index (χ0v) is 12.0. The maximum atomic E-state index is 6.21. The van der Waals surface area contributed by atoms with Crippen LogP contribution in [0.15, 0.2) is 60.7 Å². The molecule has 0 aliphatic heterocycles. The van der Waals surface area contributed by atoms with E-state index in [1.807, 2.05) is 12.1 Å². The Labute approximate surface area is 126 Å². The summed E-state index contributed by atoms with van der Waals surface area (Å²) >= 11 is 12.4. The molecule has 0 saturated carbocycles. The van der Waals surface area contributed by atoms with Crippen LogP contribution in [0.2, 0.25) is 10.0 Å². The van der Waals surface area contributed by atoms with Crippen LogP contribution in [0.5, 0.6) is 0 Å². The number of fused-ring (bicyclic) bond motifs is 6. The molecule has 0 amide bonds. The van der Waals surface area contributed by atoms with Crippen molar-refractivity contribution in [3.05, 3.63) is 70.7 Å². The summed E-state index contributed by atoms with van der Waals surface area (Å²) in [5, 5.41) is 8.39. The van der Waals surface area contributed by atoms with E-state index >= 15 is 0 Å². The zero-order chi connectivity index (χ0) is 13.7. The summed E-state index contributed by atoms with van der Waals surface area (Å²) in [5.41, 5.74) is 0. The van der Waals surface area contributed by atoms with Crippen molar-refractivity contribution in [3.8, 4) is 0 Å². The predicted molar refractivity (Wildman–Crippen MR) is 89.0 cm³/mol. The molecule has 0 aliphatic carbocycles. The number of hydrogen-bond donors (Lipinski definition) is 0. The minimum atomic E-state index is 0.597. The lowest BCUT2D eigenvalue weighted by Crippen LogP contribution is -1.83. The Balaban J connectivity index is 2.42. The molecule has 2 heteroatoms. The Kier molecular flexibility index (Phi) is 2.63. The summed E-state index contributed by atoms with van der Waals surface area (Å²) in [6.45, 7) is 0. The van der Waals surface area contributed by atoms with E-state index in [1.54, 1.807) is 0 Å². The van der Waals surface area contributed by atoms with Gasteiger partial charge < -0.3 is 0 Å². The van der Waals surface area contributed by atoms with Gasteiger partial charge in [0, 0.05) is 0 Å². The van der Waals surface area contributed by atoms with Crippen LogP contribution in [0.4, 0.5) is 0 Å². The largest absolute Gasteiger partial charge is 0.0827 e. The van der Waals surface area contributed by atoms with E-state index in [1.165, 1.54) is 21.5 Å². The third-order valence-corrected chi connectivity index (χ3v) is 4.51. The minimum absolute atomic E-state index is 0.597. The SMILES string of the molecule is Clc1cc2c3ccccc3c3ccccc3c2cc1Cl. The summed E-state index contributed by atoms with van der Waals surface area (Å²) in [7, 11) is 0. The topological polar surface area (TPSA) is 0 Å². The van der Waals surface area contributed by atoms with Crippen molar-refractivity contribution in [3.63, 3.8) is 0 Å². The third kappa shape index (κ3) is 1.62. The first kappa shape index (κ1) is 12.0. The second-order valence-corrected chi connectivity index (χ2v) is 5.72. The molecule has 0 heterocycles. The van der Waals surface area contributed by atoms with Crippen LogP contribution in [0.3, 0.4) is 0 Å². The maximum Gasteiger partial charge on any atom is 0.0598 e. The van der Waals surface area contributed by atoms with Gasteiger partial charge in [0.05, 0.1) is 10.0 Å². The van der Waals surface area contributed by atoms with Crippen LogP contribution in [-0.2, 0) is 0 Å². The van der Waals surface area contributed by atoms with Crippen molar-refractivity contribution in [1.29, 1.82) is 0 Å². The van der Waals surface area contributed by atoms with Gasteiger partial charge in [-0.25, -0.2) is 0 Å². The molecule has 20 heavy (non-hydrogen) atoms. The highest BCUT2D eigenvalue weighted by Gasteiger charge is 2.10. The molecule has 0 atom stereocenters. The normalized spacial score (nSPS) is 11.5. The summed E-state index contributed by atoms with van der Waals surface area (Å²) in [4.78, 5) is 0. The van der Waals surface area contributed by atoms with E-state index in [2.05, 4.69) is 48.5 Å². The fraction of sp³-hybridized carbons (Fsp3) is 0. The van der Waals surface area contributed by atoms with Gasteiger partial charge in [0.1, 0.15) is 0 Å². The van der Waals surface area contributed by atoms with E-state index in [-0.39, 0.29) is 0 Å². The first-order valence-corrected chi connectivity index (χ1v) is 7.19. The van der Waals surface area contributed by atoms with Crippen LogP contribution in [0.25, 0.3) is 32.3 Å². The van der Waals surface area contributed by atoms with Crippen LogP contribution < -0.4 is 0 Å². The van der Waals surface area contributed by atoms with Crippen LogP contribution in [0, 0.1) is 0 Å². The van der Waals surface area contributed by atoms with Crippen molar-refractivity contribution in [2.75, 3.05) is 0 Å². The van der Waals surface area contributed by atoms with Gasteiger partial charge in [0.15, 0.2) is 0 Å². The van der Waals surface area contributed by atoms with Gasteiger partial charge in [-0.05, 0) is 44.5 Å². The van der Waals surface area contributed by atoms with Gasteiger partial charge in [-0.15, -0.1) is 0 Å². The summed E-state index contributed by atoms with van der Waals surface area (Å²) in [6.07, 6.45) is 0. The van der Waals surface area contributed by atoms with Gasteiger partial charge in [-0.1, -0.05) is 71.7 Å². The van der Waals surface area contributed by atoms with Gasteiger partial charge in [-0.2, -0.15) is 0 Å². The summed E-state index contributed by atoms with van der Waals surface area (Å²) in [6, 6.07) is 20.7. The molecule has 0 nitrogen and oxygen atoms in total. The number of benzene rings is 4. The fourth-order valence-electron chi connectivity index (χ4n) is 2.90. The summed E-state index contributed by atoms with van der Waals surface area (Å²) in [5.74, 6) is 0. The van der Waals surface area contributed by atoms with Crippen molar-refractivity contribution in [2.24, 2.45) is 0 Å². The van der Waals surface area contributed by atoms with Crippen LogP contribution in [-0.4, -0.2) is 0 Å². The van der Waals surface area contributed by atoms with E-state index in [0.717, 1.165) is 10.8 Å². The maximum absolute atomic E-state index is 6.21. The lowest BCUT2D eigenvalue weighted by Gasteiger charge is -2.11. The molecular formula is C18H10Cl2. The molecule has 0 N–H and O–H groups in total. The molecule has 0 spiro atoms. The predicted octanol–water partition coefficient (Wildman–Crippen LogP) is 6.45. The van der Waals surface area contributed by atoms with E-state index in [0.29, 0.717) is 10.0 Å². The molecule has 96 valence electrons. The monoisotopic (exact) mass is 296 g/mol. The lowest BCUT2D eigenvalue weighted by molar-refractivity contribution is 1.77. The first-order chi connectivity index (χ1) is 9.75. The van der Waals surface area contributed by atoms with Crippen molar-refractivity contribution >= 4 is 55.5 Å². The van der Waals surface area contributed by atoms with Gasteiger partial charge in [0.25, 0.3) is 0 Å². The second kappa shape index (κ2) is 4.37. The second-order valence-electron chi connectivity index (χ2n) is 4.90. The smallest absolute Gasteiger partial charge is 0.0598 e. The van der Waals surface area contributed by atoms with Gasteiger partial charge in [0.2, 0.25) is 0 Å². The van der Waals surface area contributed by atoms with Crippen LogP contribution in [0.1, 0.15) is 0 Å². The molecule has 0 bridgehead atoms. The molecule has 0 radical (unpaired) electrons. The van der Waals surface area contributed by atoms with Gasteiger partial charge >= 0.3 is 0 Å². The third-order valence-electron chi connectivity index (χ3n) is 3.79. The van der Waals surface area contributed by atoms with E-state index in [9.17, 15) is 0 Å². The molecule has 0 unspecified atom stereocenters. The molecule has 0 fully saturated rings. The Bertz CT molecular complexity index is 891. The molecular weight excluding hydrogens is 287 g/mol. The summed E-state index contributed by atoms with van der Waals surface area (Å²) < 4.78 is 0. The Morgan fingerprint density at radius 3 is 1.10 bits per heavy atom. The highest BCUT2D eigenvalue weighted by molar-refractivity contribution is 6.43. The first-order valence-electron chi connectivity index (χ1n) is 6.44. The Morgan fingerprint density at radius 1 is 0.450 bits per heavy atom. The minimum Gasteiger partial charge on any atom is -0.0827 e.